The van der Waals surface area contributed by atoms with Gasteiger partial charge in [0.25, 0.3) is 0 Å². The van der Waals surface area contributed by atoms with Crippen LogP contribution in [-0.2, 0) is 10.8 Å². The molecule has 0 aromatic heterocycles. The van der Waals surface area contributed by atoms with Crippen LogP contribution in [0.5, 0.6) is 5.75 Å². The average molecular weight is 315 g/mol. The predicted octanol–water partition coefficient (Wildman–Crippen LogP) is 4.03. The van der Waals surface area contributed by atoms with Gasteiger partial charge in [0.1, 0.15) is 5.75 Å². The van der Waals surface area contributed by atoms with E-state index >= 15 is 0 Å². The fourth-order valence-electron chi connectivity index (χ4n) is 1.96. The molecular weight excluding hydrogens is 292 g/mol. The van der Waals surface area contributed by atoms with Gasteiger partial charge in [0.05, 0.1) is 13.7 Å². The lowest BCUT2D eigenvalue weighted by molar-refractivity contribution is 0.214. The Labute approximate surface area is 118 Å². The Kier molecular flexibility index (Phi) is 4.50. The third kappa shape index (κ3) is 3.07. The molecule has 0 saturated heterocycles. The summed E-state index contributed by atoms with van der Waals surface area (Å²) in [5.41, 5.74) is 1.85. The maximum absolute atomic E-state index is 9.58. The molecule has 0 fully saturated rings. The van der Waals surface area contributed by atoms with Crippen LogP contribution in [0.3, 0.4) is 0 Å². The molecule has 0 atom stereocenters. The summed E-state index contributed by atoms with van der Waals surface area (Å²) < 4.78 is 6.63. The van der Waals surface area contributed by atoms with Gasteiger partial charge in [0.15, 0.2) is 0 Å². The summed E-state index contributed by atoms with van der Waals surface area (Å²) in [7, 11) is 1.69. The van der Waals surface area contributed by atoms with Gasteiger partial charge in [-0.1, -0.05) is 50.5 Å². The molecule has 102 valence electrons. The molecule has 1 N–H and O–H groups in total. The van der Waals surface area contributed by atoms with E-state index in [9.17, 15) is 5.11 Å². The number of aliphatic hydroxyl groups is 1. The van der Waals surface area contributed by atoms with Crippen molar-refractivity contribution in [3.05, 3.63) is 27.7 Å². The van der Waals surface area contributed by atoms with E-state index in [1.807, 2.05) is 19.9 Å². The highest BCUT2D eigenvalue weighted by atomic mass is 79.9. The third-order valence-corrected chi connectivity index (χ3v) is 3.65. The molecule has 0 saturated carbocycles. The second-order valence-corrected chi connectivity index (χ2v) is 7.24. The van der Waals surface area contributed by atoms with Gasteiger partial charge in [-0.05, 0) is 17.5 Å². The van der Waals surface area contributed by atoms with Crippen LogP contribution in [0.1, 0.15) is 45.7 Å². The molecule has 18 heavy (non-hydrogen) atoms. The Bertz CT molecular complexity index is 431. The Morgan fingerprint density at radius 3 is 2.00 bits per heavy atom. The molecule has 0 heterocycles. The molecular formula is C15H23BrO2. The van der Waals surface area contributed by atoms with Crippen molar-refractivity contribution in [3.63, 3.8) is 0 Å². The predicted molar refractivity (Wildman–Crippen MR) is 79.5 cm³/mol. The number of benzene rings is 1. The molecule has 0 amide bonds. The minimum absolute atomic E-state index is 0.00455. The summed E-state index contributed by atoms with van der Waals surface area (Å²) in [6.07, 6.45) is 0. The summed E-state index contributed by atoms with van der Waals surface area (Å²) in [6, 6.07) is 4.13. The molecule has 1 aromatic rings. The zero-order valence-electron chi connectivity index (χ0n) is 12.1. The summed E-state index contributed by atoms with van der Waals surface area (Å²) in [5.74, 6) is 0.879. The highest BCUT2D eigenvalue weighted by Crippen LogP contribution is 2.41. The van der Waals surface area contributed by atoms with E-state index in [1.165, 1.54) is 0 Å². The van der Waals surface area contributed by atoms with E-state index in [2.05, 4.69) is 42.8 Å². The van der Waals surface area contributed by atoms with Gasteiger partial charge < -0.3 is 9.84 Å². The van der Waals surface area contributed by atoms with Crippen LogP contribution in [0.15, 0.2) is 16.6 Å². The number of hydrogen-bond acceptors (Lipinski definition) is 2. The van der Waals surface area contributed by atoms with Crippen LogP contribution < -0.4 is 4.74 Å². The molecule has 0 aliphatic heterocycles. The van der Waals surface area contributed by atoms with Gasteiger partial charge in [-0.3, -0.25) is 0 Å². The smallest absolute Gasteiger partial charge is 0.126 e. The third-order valence-electron chi connectivity index (χ3n) is 3.19. The van der Waals surface area contributed by atoms with Crippen molar-refractivity contribution >= 4 is 15.9 Å². The first-order valence-corrected chi connectivity index (χ1v) is 6.92. The summed E-state index contributed by atoms with van der Waals surface area (Å²) >= 11 is 3.55. The summed E-state index contributed by atoms with van der Waals surface area (Å²) in [4.78, 5) is 0. The molecule has 2 nitrogen and oxygen atoms in total. The van der Waals surface area contributed by atoms with E-state index in [0.29, 0.717) is 0 Å². The molecule has 0 aliphatic carbocycles. The van der Waals surface area contributed by atoms with Crippen LogP contribution in [-0.4, -0.2) is 18.8 Å². The lowest BCUT2D eigenvalue weighted by atomic mass is 9.79. The molecule has 0 bridgehead atoms. The second kappa shape index (κ2) is 5.22. The quantitative estimate of drug-likeness (QED) is 0.913. The van der Waals surface area contributed by atoms with E-state index in [1.54, 1.807) is 7.11 Å². The van der Waals surface area contributed by atoms with Crippen LogP contribution in [0.25, 0.3) is 0 Å². The monoisotopic (exact) mass is 314 g/mol. The molecule has 0 radical (unpaired) electrons. The second-order valence-electron chi connectivity index (χ2n) is 6.33. The van der Waals surface area contributed by atoms with Gasteiger partial charge in [-0.2, -0.15) is 0 Å². The first-order chi connectivity index (χ1) is 8.13. The molecule has 0 spiro atoms. The van der Waals surface area contributed by atoms with Crippen molar-refractivity contribution in [1.82, 2.24) is 0 Å². The molecule has 0 aliphatic rings. The Morgan fingerprint density at radius 2 is 1.61 bits per heavy atom. The largest absolute Gasteiger partial charge is 0.496 e. The fraction of sp³-hybridized carbons (Fsp3) is 0.600. The number of ether oxygens (including phenoxy) is 1. The van der Waals surface area contributed by atoms with Crippen molar-refractivity contribution in [2.45, 2.75) is 45.4 Å². The van der Waals surface area contributed by atoms with E-state index in [-0.39, 0.29) is 17.4 Å². The van der Waals surface area contributed by atoms with E-state index in [4.69, 9.17) is 4.74 Å². The zero-order valence-corrected chi connectivity index (χ0v) is 13.7. The van der Waals surface area contributed by atoms with Crippen LogP contribution in [0.4, 0.5) is 0 Å². The Hall–Kier alpha value is -0.540. The minimum atomic E-state index is -0.324. The van der Waals surface area contributed by atoms with E-state index in [0.717, 1.165) is 21.3 Å². The van der Waals surface area contributed by atoms with Gasteiger partial charge in [-0.15, -0.1) is 0 Å². The van der Waals surface area contributed by atoms with Crippen molar-refractivity contribution in [1.29, 1.82) is 0 Å². The van der Waals surface area contributed by atoms with Crippen LogP contribution in [0, 0.1) is 0 Å². The van der Waals surface area contributed by atoms with Crippen LogP contribution >= 0.6 is 15.9 Å². The number of methoxy groups -OCH3 is 1. The molecule has 1 rings (SSSR count). The standard InChI is InChI=1S/C15H23BrO2/c1-14(2,3)11-7-10(16)8-12(13(11)18-6)15(4,5)9-17/h7-8,17H,9H2,1-6H3. The first-order valence-electron chi connectivity index (χ1n) is 6.13. The number of rotatable bonds is 3. The lowest BCUT2D eigenvalue weighted by Gasteiger charge is -2.30. The maximum Gasteiger partial charge on any atom is 0.126 e. The van der Waals surface area contributed by atoms with Gasteiger partial charge in [-0.25, -0.2) is 0 Å². The maximum atomic E-state index is 9.58. The lowest BCUT2D eigenvalue weighted by Crippen LogP contribution is -2.25. The van der Waals surface area contributed by atoms with Crippen molar-refractivity contribution in [2.75, 3.05) is 13.7 Å². The Balaban J connectivity index is 3.58. The normalized spacial score (nSPS) is 12.7. The van der Waals surface area contributed by atoms with Gasteiger partial charge in [0.2, 0.25) is 0 Å². The highest BCUT2D eigenvalue weighted by molar-refractivity contribution is 9.10. The van der Waals surface area contributed by atoms with Crippen molar-refractivity contribution in [2.24, 2.45) is 0 Å². The highest BCUT2D eigenvalue weighted by Gasteiger charge is 2.29. The van der Waals surface area contributed by atoms with E-state index < -0.39 is 0 Å². The molecule has 0 unspecified atom stereocenters. The molecule has 3 heteroatoms. The van der Waals surface area contributed by atoms with Crippen LogP contribution in [0.2, 0.25) is 0 Å². The topological polar surface area (TPSA) is 29.5 Å². The summed E-state index contributed by atoms with van der Waals surface area (Å²) in [6.45, 7) is 10.6. The number of hydrogen-bond donors (Lipinski definition) is 1. The summed E-state index contributed by atoms with van der Waals surface area (Å²) in [5, 5.41) is 9.58. The number of halogens is 1. The van der Waals surface area contributed by atoms with Gasteiger partial charge >= 0.3 is 0 Å². The average Bonchev–Trinajstić information content (AvgIpc) is 2.26. The van der Waals surface area contributed by atoms with Crippen molar-refractivity contribution in [3.8, 4) is 5.75 Å². The Morgan fingerprint density at radius 1 is 1.11 bits per heavy atom. The zero-order chi connectivity index (χ0) is 14.1. The number of aliphatic hydroxyl groups excluding tert-OH is 1. The fourth-order valence-corrected chi connectivity index (χ4v) is 2.42. The minimum Gasteiger partial charge on any atom is -0.496 e. The van der Waals surface area contributed by atoms with Gasteiger partial charge in [0, 0.05) is 21.0 Å². The first kappa shape index (κ1) is 15.5. The SMILES string of the molecule is COc1c(C(C)(C)C)cc(Br)cc1C(C)(C)CO. The van der Waals surface area contributed by atoms with Crippen molar-refractivity contribution < 1.29 is 9.84 Å². The molecule has 1 aromatic carbocycles.